The van der Waals surface area contributed by atoms with Crippen LogP contribution in [0.1, 0.15) is 48.5 Å². The summed E-state index contributed by atoms with van der Waals surface area (Å²) in [5, 5.41) is 2.32. The minimum Gasteiger partial charge on any atom is -0.468 e. The number of ether oxygens (including phenoxy) is 1. The molecule has 0 amide bonds. The van der Waals surface area contributed by atoms with Gasteiger partial charge in [0.05, 0.1) is 18.9 Å². The van der Waals surface area contributed by atoms with Crippen molar-refractivity contribution in [1.29, 1.82) is 0 Å². The first-order valence-corrected chi connectivity index (χ1v) is 8.12. The van der Waals surface area contributed by atoms with E-state index >= 15 is 0 Å². The lowest BCUT2D eigenvalue weighted by atomic mass is 9.87. The van der Waals surface area contributed by atoms with E-state index in [1.54, 1.807) is 6.92 Å². The Balaban J connectivity index is 5.41. The van der Waals surface area contributed by atoms with Gasteiger partial charge in [0.2, 0.25) is 0 Å². The second-order valence-electron chi connectivity index (χ2n) is 6.59. The van der Waals surface area contributed by atoms with Crippen LogP contribution in [0.2, 0.25) is 0 Å². The molecule has 19 heavy (non-hydrogen) atoms. The third-order valence-electron chi connectivity index (χ3n) is 2.80. The van der Waals surface area contributed by atoms with Crippen LogP contribution in [-0.2, 0) is 18.6 Å². The molecule has 1 unspecified atom stereocenters. The molecule has 0 radical (unpaired) electrons. The van der Waals surface area contributed by atoms with E-state index in [0.29, 0.717) is 6.61 Å². The van der Waals surface area contributed by atoms with Gasteiger partial charge < -0.3 is 9.26 Å². The van der Waals surface area contributed by atoms with Gasteiger partial charge in [-0.25, -0.2) is 5.09 Å². The molecular weight excluding hydrogens is 265 g/mol. The molecule has 0 aliphatic heterocycles. The number of rotatable bonds is 5. The third kappa shape index (κ3) is 4.90. The first-order valence-electron chi connectivity index (χ1n) is 6.49. The van der Waals surface area contributed by atoms with Gasteiger partial charge in [-0.2, -0.15) is 0 Å². The summed E-state index contributed by atoms with van der Waals surface area (Å²) in [4.78, 5) is 11.9. The maximum atomic E-state index is 13.0. The van der Waals surface area contributed by atoms with E-state index in [9.17, 15) is 9.36 Å². The molecule has 0 rings (SSSR count). The Kier molecular flexibility index (Phi) is 6.25. The Hall–Kier alpha value is -0.380. The number of hydrogen-bond donors (Lipinski definition) is 1. The van der Waals surface area contributed by atoms with Gasteiger partial charge in [-0.05, 0) is 33.1 Å². The number of methoxy groups -OCH3 is 1. The zero-order valence-electron chi connectivity index (χ0n) is 13.4. The molecule has 0 bridgehead atoms. The molecule has 1 N–H and O–H groups in total. The Morgan fingerprint density at radius 1 is 1.21 bits per heavy atom. The van der Waals surface area contributed by atoms with Crippen LogP contribution in [0.5, 0.6) is 0 Å². The van der Waals surface area contributed by atoms with Crippen molar-refractivity contribution in [2.75, 3.05) is 13.7 Å². The van der Waals surface area contributed by atoms with Gasteiger partial charge in [0.15, 0.2) is 0 Å². The molecule has 6 heteroatoms. The Morgan fingerprint density at radius 2 is 1.68 bits per heavy atom. The summed E-state index contributed by atoms with van der Waals surface area (Å²) in [6, 6.07) is -0.686. The summed E-state index contributed by atoms with van der Waals surface area (Å²) >= 11 is 0. The molecule has 0 aromatic carbocycles. The smallest absolute Gasteiger partial charge is 0.323 e. The minimum absolute atomic E-state index is 0.319. The first kappa shape index (κ1) is 18.6. The molecule has 0 aromatic heterocycles. The van der Waals surface area contributed by atoms with Crippen molar-refractivity contribution in [3.8, 4) is 0 Å². The molecule has 5 nitrogen and oxygen atoms in total. The van der Waals surface area contributed by atoms with Gasteiger partial charge in [0.1, 0.15) is 6.04 Å². The summed E-state index contributed by atoms with van der Waals surface area (Å²) in [6.45, 7) is 13.2. The second kappa shape index (κ2) is 6.38. The van der Waals surface area contributed by atoms with Crippen molar-refractivity contribution in [3.63, 3.8) is 0 Å². The van der Waals surface area contributed by atoms with E-state index in [-0.39, 0.29) is 0 Å². The SMILES string of the molecule is CCOP(=O)(N[C@@H](C(=O)OC)C(C)(C)C)C(C)(C)C. The first-order chi connectivity index (χ1) is 8.39. The molecule has 0 aliphatic carbocycles. The van der Waals surface area contributed by atoms with E-state index in [1.165, 1.54) is 7.11 Å². The maximum Gasteiger partial charge on any atom is 0.323 e. The molecule has 0 heterocycles. The summed E-state index contributed by atoms with van der Waals surface area (Å²) < 4.78 is 23.2. The van der Waals surface area contributed by atoms with E-state index in [0.717, 1.165) is 0 Å². The zero-order chi connectivity index (χ0) is 15.5. The van der Waals surface area contributed by atoms with Crippen LogP contribution in [0.25, 0.3) is 0 Å². The number of carbonyl (C=O) groups excluding carboxylic acids is 1. The fraction of sp³-hybridized carbons (Fsp3) is 0.923. The Morgan fingerprint density at radius 3 is 1.95 bits per heavy atom. The predicted molar refractivity (Wildman–Crippen MR) is 77.4 cm³/mol. The maximum absolute atomic E-state index is 13.0. The van der Waals surface area contributed by atoms with Crippen molar-refractivity contribution < 1.29 is 18.6 Å². The van der Waals surface area contributed by atoms with Crippen molar-refractivity contribution in [3.05, 3.63) is 0 Å². The topological polar surface area (TPSA) is 64.6 Å². The van der Waals surface area contributed by atoms with Crippen molar-refractivity contribution >= 4 is 13.5 Å². The average Bonchev–Trinajstić information content (AvgIpc) is 2.22. The average molecular weight is 293 g/mol. The van der Waals surface area contributed by atoms with Crippen molar-refractivity contribution in [1.82, 2.24) is 5.09 Å². The van der Waals surface area contributed by atoms with E-state index < -0.39 is 30.1 Å². The number of esters is 1. The van der Waals surface area contributed by atoms with E-state index in [2.05, 4.69) is 5.09 Å². The predicted octanol–water partition coefficient (Wildman–Crippen LogP) is 3.19. The molecule has 0 aliphatic rings. The van der Waals surface area contributed by atoms with Gasteiger partial charge in [0.25, 0.3) is 7.52 Å². The second-order valence-corrected chi connectivity index (χ2v) is 9.55. The van der Waals surface area contributed by atoms with Crippen LogP contribution in [0.4, 0.5) is 0 Å². The monoisotopic (exact) mass is 293 g/mol. The van der Waals surface area contributed by atoms with Gasteiger partial charge in [-0.1, -0.05) is 20.8 Å². The van der Waals surface area contributed by atoms with Gasteiger partial charge in [-0.3, -0.25) is 9.36 Å². The largest absolute Gasteiger partial charge is 0.468 e. The van der Waals surface area contributed by atoms with Crippen LogP contribution in [0.3, 0.4) is 0 Å². The lowest BCUT2D eigenvalue weighted by molar-refractivity contribution is -0.145. The standard InChI is InChI=1S/C13H28NO4P/c1-9-18-19(16,13(5,6)7)14-10(11(15)17-8)12(2,3)4/h10H,9H2,1-8H3,(H,14,16)/t10-,19?/m0/s1. The quantitative estimate of drug-likeness (QED) is 0.623. The fourth-order valence-electron chi connectivity index (χ4n) is 1.49. The summed E-state index contributed by atoms with van der Waals surface area (Å²) in [5.41, 5.74) is -0.425. The number of nitrogens with one attached hydrogen (secondary N) is 1. The molecule has 0 saturated carbocycles. The fourth-order valence-corrected chi connectivity index (χ4v) is 3.54. The number of hydrogen-bond acceptors (Lipinski definition) is 4. The number of carbonyl (C=O) groups is 1. The molecule has 0 saturated heterocycles. The van der Waals surface area contributed by atoms with Crippen LogP contribution >= 0.6 is 7.52 Å². The molecular formula is C13H28NO4P. The van der Waals surface area contributed by atoms with E-state index in [1.807, 2.05) is 41.5 Å². The molecule has 0 fully saturated rings. The molecule has 114 valence electrons. The molecule has 0 spiro atoms. The van der Waals surface area contributed by atoms with E-state index in [4.69, 9.17) is 9.26 Å². The van der Waals surface area contributed by atoms with Gasteiger partial charge >= 0.3 is 5.97 Å². The van der Waals surface area contributed by atoms with Crippen LogP contribution < -0.4 is 5.09 Å². The van der Waals surface area contributed by atoms with Gasteiger partial charge in [0, 0.05) is 0 Å². The van der Waals surface area contributed by atoms with Crippen LogP contribution in [0, 0.1) is 5.41 Å². The molecule has 2 atom stereocenters. The van der Waals surface area contributed by atoms with Crippen molar-refractivity contribution in [2.24, 2.45) is 5.41 Å². The van der Waals surface area contributed by atoms with Crippen LogP contribution in [-0.4, -0.2) is 30.9 Å². The summed E-state index contributed by atoms with van der Waals surface area (Å²) in [5.74, 6) is -0.434. The Labute approximate surface area is 116 Å². The van der Waals surface area contributed by atoms with Crippen molar-refractivity contribution in [2.45, 2.75) is 59.7 Å². The zero-order valence-corrected chi connectivity index (χ0v) is 14.3. The highest BCUT2D eigenvalue weighted by Gasteiger charge is 2.44. The van der Waals surface area contributed by atoms with Crippen LogP contribution in [0.15, 0.2) is 0 Å². The third-order valence-corrected chi connectivity index (χ3v) is 5.78. The molecule has 0 aromatic rings. The highest BCUT2D eigenvalue weighted by molar-refractivity contribution is 7.58. The normalized spacial score (nSPS) is 17.7. The lowest BCUT2D eigenvalue weighted by Crippen LogP contribution is -2.48. The summed E-state index contributed by atoms with van der Waals surface area (Å²) in [7, 11) is -1.85. The lowest BCUT2D eigenvalue weighted by Gasteiger charge is -2.37. The summed E-state index contributed by atoms with van der Waals surface area (Å²) in [6.07, 6.45) is 0. The highest BCUT2D eigenvalue weighted by Crippen LogP contribution is 2.56. The van der Waals surface area contributed by atoms with Gasteiger partial charge in [-0.15, -0.1) is 0 Å². The highest BCUT2D eigenvalue weighted by atomic mass is 31.2. The minimum atomic E-state index is -3.17. The Bertz CT molecular complexity index is 355.